The predicted molar refractivity (Wildman–Crippen MR) is 66.6 cm³/mol. The average Bonchev–Trinajstić information content (AvgIpc) is 2.37. The van der Waals surface area contributed by atoms with Gasteiger partial charge in [0.1, 0.15) is 5.54 Å². The van der Waals surface area contributed by atoms with Gasteiger partial charge in [-0.1, -0.05) is 18.2 Å². The molecule has 0 saturated heterocycles. The van der Waals surface area contributed by atoms with Crippen molar-refractivity contribution in [2.75, 3.05) is 7.11 Å². The number of benzene rings is 1. The van der Waals surface area contributed by atoms with Crippen LogP contribution < -0.4 is 5.73 Å². The maximum atomic E-state index is 11.7. The van der Waals surface area contributed by atoms with Crippen molar-refractivity contribution in [2.45, 2.75) is 38.1 Å². The second-order valence-electron chi connectivity index (χ2n) is 4.88. The molecule has 2 rings (SSSR count). The molecule has 0 saturated carbocycles. The van der Waals surface area contributed by atoms with Crippen LogP contribution in [0.2, 0.25) is 0 Å². The summed E-state index contributed by atoms with van der Waals surface area (Å²) < 4.78 is 4.75. The molecule has 0 heterocycles. The fraction of sp³-hybridized carbons (Fsp3) is 0.500. The molecule has 17 heavy (non-hydrogen) atoms. The van der Waals surface area contributed by atoms with E-state index in [-0.39, 0.29) is 0 Å². The van der Waals surface area contributed by atoms with Crippen LogP contribution in [0.15, 0.2) is 18.2 Å². The lowest BCUT2D eigenvalue weighted by Crippen LogP contribution is -2.42. The summed E-state index contributed by atoms with van der Waals surface area (Å²) in [6.45, 7) is 1.70. The van der Waals surface area contributed by atoms with E-state index in [9.17, 15) is 4.79 Å². The Balaban J connectivity index is 2.36. The van der Waals surface area contributed by atoms with Gasteiger partial charge in [-0.25, -0.2) is 4.79 Å². The zero-order chi connectivity index (χ0) is 12.5. The van der Waals surface area contributed by atoms with Crippen molar-refractivity contribution in [1.82, 2.24) is 0 Å². The first-order chi connectivity index (χ1) is 8.05. The lowest BCUT2D eigenvalue weighted by Gasteiger charge is -2.24. The highest BCUT2D eigenvalue weighted by Gasteiger charge is 2.32. The van der Waals surface area contributed by atoms with Crippen molar-refractivity contribution in [3.63, 3.8) is 0 Å². The van der Waals surface area contributed by atoms with Crippen molar-refractivity contribution in [1.29, 1.82) is 0 Å². The molecule has 1 aromatic rings. The minimum Gasteiger partial charge on any atom is -0.467 e. The van der Waals surface area contributed by atoms with E-state index in [1.165, 1.54) is 31.1 Å². The molecule has 1 aromatic carbocycles. The van der Waals surface area contributed by atoms with Gasteiger partial charge in [0.25, 0.3) is 0 Å². The molecule has 1 unspecified atom stereocenters. The summed E-state index contributed by atoms with van der Waals surface area (Å²) in [6.07, 6.45) is 4.69. The number of carbonyl (C=O) groups is 1. The van der Waals surface area contributed by atoms with Crippen molar-refractivity contribution < 1.29 is 9.53 Å². The number of ether oxygens (including phenoxy) is 1. The number of methoxy groups -OCH3 is 1. The number of fused-ring (bicyclic) bond motifs is 1. The van der Waals surface area contributed by atoms with Gasteiger partial charge in [0.05, 0.1) is 7.11 Å². The molecule has 0 fully saturated rings. The summed E-state index contributed by atoms with van der Waals surface area (Å²) in [4.78, 5) is 11.7. The number of nitrogens with two attached hydrogens (primary N) is 1. The van der Waals surface area contributed by atoms with Crippen LogP contribution in [0.3, 0.4) is 0 Å². The van der Waals surface area contributed by atoms with Gasteiger partial charge < -0.3 is 10.5 Å². The molecule has 0 spiro atoms. The summed E-state index contributed by atoms with van der Waals surface area (Å²) in [5.41, 5.74) is 8.55. The van der Waals surface area contributed by atoms with E-state index in [1.807, 2.05) is 6.07 Å². The second-order valence-corrected chi connectivity index (χ2v) is 4.88. The lowest BCUT2D eigenvalue weighted by atomic mass is 9.85. The van der Waals surface area contributed by atoms with Gasteiger partial charge in [-0.15, -0.1) is 0 Å². The van der Waals surface area contributed by atoms with E-state index >= 15 is 0 Å². The van der Waals surface area contributed by atoms with Gasteiger partial charge >= 0.3 is 5.97 Å². The Morgan fingerprint density at radius 1 is 1.29 bits per heavy atom. The van der Waals surface area contributed by atoms with Crippen LogP contribution >= 0.6 is 0 Å². The highest BCUT2D eigenvalue weighted by molar-refractivity contribution is 5.81. The maximum Gasteiger partial charge on any atom is 0.330 e. The molecule has 0 amide bonds. The molecular weight excluding hydrogens is 214 g/mol. The predicted octanol–water partition coefficient (Wildman–Crippen LogP) is 1.91. The van der Waals surface area contributed by atoms with Crippen LogP contribution in [-0.4, -0.2) is 13.1 Å². The van der Waals surface area contributed by atoms with Crippen LogP contribution in [0.25, 0.3) is 0 Å². The molecule has 0 aromatic heterocycles. The topological polar surface area (TPSA) is 52.3 Å². The van der Waals surface area contributed by atoms with Gasteiger partial charge in [-0.2, -0.15) is 0 Å². The molecule has 1 atom stereocenters. The molecule has 0 bridgehead atoms. The molecule has 92 valence electrons. The average molecular weight is 233 g/mol. The Kier molecular flexibility index (Phi) is 3.20. The van der Waals surface area contributed by atoms with Crippen molar-refractivity contribution in [3.05, 3.63) is 34.9 Å². The molecule has 0 radical (unpaired) electrons. The maximum absolute atomic E-state index is 11.7. The standard InChI is InChI=1S/C14H19NO2/c1-14(15,13(16)17-2)12-8-7-10-5-3-4-6-11(10)9-12/h7-9H,3-6,15H2,1-2H3. The molecule has 3 nitrogen and oxygen atoms in total. The van der Waals surface area contributed by atoms with Gasteiger partial charge in [0.15, 0.2) is 0 Å². The Bertz CT molecular complexity index is 438. The minimum atomic E-state index is -1.05. The zero-order valence-electron chi connectivity index (χ0n) is 10.5. The lowest BCUT2D eigenvalue weighted by molar-refractivity contribution is -0.146. The number of carbonyl (C=O) groups excluding carboxylic acids is 1. The Hall–Kier alpha value is -1.35. The van der Waals surface area contributed by atoms with Crippen LogP contribution in [0.1, 0.15) is 36.5 Å². The molecule has 1 aliphatic rings. The number of hydrogen-bond acceptors (Lipinski definition) is 3. The summed E-state index contributed by atoms with van der Waals surface area (Å²) in [6, 6.07) is 6.10. The van der Waals surface area contributed by atoms with Crippen LogP contribution in [0.4, 0.5) is 0 Å². The van der Waals surface area contributed by atoms with E-state index in [2.05, 4.69) is 12.1 Å². The van der Waals surface area contributed by atoms with Crippen LogP contribution in [-0.2, 0) is 27.9 Å². The summed E-state index contributed by atoms with van der Waals surface area (Å²) in [5, 5.41) is 0. The van der Waals surface area contributed by atoms with Crippen LogP contribution in [0.5, 0.6) is 0 Å². The largest absolute Gasteiger partial charge is 0.467 e. The Labute approximate surface area is 102 Å². The molecular formula is C14H19NO2. The smallest absolute Gasteiger partial charge is 0.330 e. The number of rotatable bonds is 2. The third-order valence-electron chi connectivity index (χ3n) is 3.56. The van der Waals surface area contributed by atoms with Gasteiger partial charge in [-0.05, 0) is 49.3 Å². The van der Waals surface area contributed by atoms with Crippen molar-refractivity contribution in [3.8, 4) is 0 Å². The third-order valence-corrected chi connectivity index (χ3v) is 3.56. The third kappa shape index (κ3) is 2.20. The minimum absolute atomic E-state index is 0.395. The quantitative estimate of drug-likeness (QED) is 0.794. The van der Waals surface area contributed by atoms with Crippen molar-refractivity contribution in [2.24, 2.45) is 5.73 Å². The first-order valence-corrected chi connectivity index (χ1v) is 6.05. The zero-order valence-corrected chi connectivity index (χ0v) is 10.5. The number of esters is 1. The fourth-order valence-corrected chi connectivity index (χ4v) is 2.39. The first kappa shape index (κ1) is 12.1. The molecule has 0 aliphatic heterocycles. The molecule has 2 N–H and O–H groups in total. The van der Waals surface area contributed by atoms with E-state index in [1.54, 1.807) is 6.92 Å². The van der Waals surface area contributed by atoms with E-state index in [4.69, 9.17) is 10.5 Å². The summed E-state index contributed by atoms with van der Waals surface area (Å²) in [7, 11) is 1.37. The number of hydrogen-bond donors (Lipinski definition) is 1. The highest BCUT2D eigenvalue weighted by Crippen LogP contribution is 2.27. The molecule has 1 aliphatic carbocycles. The summed E-state index contributed by atoms with van der Waals surface area (Å²) in [5.74, 6) is -0.395. The summed E-state index contributed by atoms with van der Waals surface area (Å²) >= 11 is 0. The number of aryl methyl sites for hydroxylation is 2. The monoisotopic (exact) mass is 233 g/mol. The first-order valence-electron chi connectivity index (χ1n) is 6.05. The van der Waals surface area contributed by atoms with Crippen LogP contribution in [0, 0.1) is 0 Å². The highest BCUT2D eigenvalue weighted by atomic mass is 16.5. The normalized spacial score (nSPS) is 18.1. The van der Waals surface area contributed by atoms with Crippen molar-refractivity contribution >= 4 is 5.97 Å². The van der Waals surface area contributed by atoms with E-state index in [0.717, 1.165) is 18.4 Å². The van der Waals surface area contributed by atoms with E-state index < -0.39 is 11.5 Å². The Morgan fingerprint density at radius 3 is 2.59 bits per heavy atom. The molecule has 3 heteroatoms. The van der Waals surface area contributed by atoms with Gasteiger partial charge in [0.2, 0.25) is 0 Å². The van der Waals surface area contributed by atoms with Gasteiger partial charge in [0, 0.05) is 0 Å². The Morgan fingerprint density at radius 2 is 1.94 bits per heavy atom. The second kappa shape index (κ2) is 4.49. The van der Waals surface area contributed by atoms with E-state index in [0.29, 0.717) is 0 Å². The fourth-order valence-electron chi connectivity index (χ4n) is 2.39. The van der Waals surface area contributed by atoms with Gasteiger partial charge in [-0.3, -0.25) is 0 Å². The SMILES string of the molecule is COC(=O)C(C)(N)c1ccc2c(c1)CCCC2.